The zero-order chi connectivity index (χ0) is 37.6. The van der Waals surface area contributed by atoms with E-state index in [1.165, 1.54) is 89.9 Å². The van der Waals surface area contributed by atoms with Gasteiger partial charge < -0.3 is 33.2 Å². The SMILES string of the molecule is CCCCCCCCCCC(OCCCC)=C(OCCCC)C(OC)OC(OC)C(OCCCC)=C(CCCCCCCCCC)OCCCC. The summed E-state index contributed by atoms with van der Waals surface area (Å²) in [4.78, 5) is 0. The molecule has 0 spiro atoms. The van der Waals surface area contributed by atoms with Crippen molar-refractivity contribution in [3.8, 4) is 0 Å². The predicted octanol–water partition coefficient (Wildman–Crippen LogP) is 13.7. The summed E-state index contributed by atoms with van der Waals surface area (Å²) in [5.74, 6) is 2.92. The molecule has 0 aromatic rings. The minimum absolute atomic E-state index is 0.574. The van der Waals surface area contributed by atoms with E-state index in [0.717, 1.165) is 88.6 Å². The highest BCUT2D eigenvalue weighted by Gasteiger charge is 2.31. The van der Waals surface area contributed by atoms with Crippen LogP contribution in [0, 0.1) is 0 Å². The van der Waals surface area contributed by atoms with Crippen LogP contribution in [-0.2, 0) is 33.2 Å². The van der Waals surface area contributed by atoms with E-state index in [4.69, 9.17) is 33.2 Å². The van der Waals surface area contributed by atoms with Crippen LogP contribution in [0.1, 0.15) is 208 Å². The van der Waals surface area contributed by atoms with Crippen molar-refractivity contribution in [2.45, 2.75) is 221 Å². The monoisotopic (exact) mass is 727 g/mol. The van der Waals surface area contributed by atoms with Crippen LogP contribution >= 0.6 is 0 Å². The summed E-state index contributed by atoms with van der Waals surface area (Å²) in [5, 5.41) is 0. The minimum atomic E-state index is -0.817. The van der Waals surface area contributed by atoms with Gasteiger partial charge in [-0.2, -0.15) is 0 Å². The lowest BCUT2D eigenvalue weighted by molar-refractivity contribution is -0.227. The van der Waals surface area contributed by atoms with Crippen molar-refractivity contribution in [1.29, 1.82) is 0 Å². The van der Waals surface area contributed by atoms with Crippen LogP contribution in [0.4, 0.5) is 0 Å². The molecule has 304 valence electrons. The second-order valence-corrected chi connectivity index (χ2v) is 14.1. The highest BCUT2D eigenvalue weighted by atomic mass is 16.8. The third kappa shape index (κ3) is 26.9. The summed E-state index contributed by atoms with van der Waals surface area (Å²) in [7, 11) is 3.34. The predicted molar refractivity (Wildman–Crippen MR) is 215 cm³/mol. The van der Waals surface area contributed by atoms with Crippen LogP contribution in [0.25, 0.3) is 0 Å². The van der Waals surface area contributed by atoms with Crippen molar-refractivity contribution >= 4 is 0 Å². The molecule has 2 unspecified atom stereocenters. The van der Waals surface area contributed by atoms with Crippen molar-refractivity contribution in [2.24, 2.45) is 0 Å². The molecule has 0 aliphatic rings. The van der Waals surface area contributed by atoms with Gasteiger partial charge in [0.1, 0.15) is 11.5 Å². The zero-order valence-corrected chi connectivity index (χ0v) is 35.2. The fraction of sp³-hybridized carbons (Fsp3) is 0.909. The molecule has 7 heteroatoms. The lowest BCUT2D eigenvalue weighted by Crippen LogP contribution is -2.32. The molecule has 0 fully saturated rings. The van der Waals surface area contributed by atoms with Crippen molar-refractivity contribution < 1.29 is 33.2 Å². The van der Waals surface area contributed by atoms with E-state index in [1.54, 1.807) is 14.2 Å². The van der Waals surface area contributed by atoms with Crippen molar-refractivity contribution in [3.05, 3.63) is 23.0 Å². The van der Waals surface area contributed by atoms with Crippen LogP contribution in [0.2, 0.25) is 0 Å². The van der Waals surface area contributed by atoms with Crippen molar-refractivity contribution in [3.63, 3.8) is 0 Å². The molecule has 0 heterocycles. The first-order valence-corrected chi connectivity index (χ1v) is 21.8. The average Bonchev–Trinajstić information content (AvgIpc) is 3.14. The molecule has 0 saturated heterocycles. The second-order valence-electron chi connectivity index (χ2n) is 14.1. The molecule has 0 saturated carbocycles. The Hall–Kier alpha value is -1.44. The maximum Gasteiger partial charge on any atom is 0.222 e. The second kappa shape index (κ2) is 38.3. The summed E-state index contributed by atoms with van der Waals surface area (Å²) in [6.07, 6.45) is 28.1. The largest absolute Gasteiger partial charge is 0.494 e. The Morgan fingerprint density at radius 3 is 0.902 bits per heavy atom. The van der Waals surface area contributed by atoms with Gasteiger partial charge in [0.2, 0.25) is 12.6 Å². The van der Waals surface area contributed by atoms with E-state index in [1.807, 2.05) is 0 Å². The third-order valence-electron chi connectivity index (χ3n) is 9.23. The van der Waals surface area contributed by atoms with E-state index < -0.39 is 12.6 Å². The van der Waals surface area contributed by atoms with Gasteiger partial charge in [-0.05, 0) is 38.5 Å². The Balaban J connectivity index is 6.33. The molecule has 2 atom stereocenters. The number of hydrogen-bond donors (Lipinski definition) is 0. The van der Waals surface area contributed by atoms with Crippen LogP contribution in [0.15, 0.2) is 23.0 Å². The molecular weight excluding hydrogens is 640 g/mol. The van der Waals surface area contributed by atoms with Gasteiger partial charge in [0, 0.05) is 27.1 Å². The molecule has 0 aliphatic heterocycles. The fourth-order valence-electron chi connectivity index (χ4n) is 5.83. The molecule has 51 heavy (non-hydrogen) atoms. The summed E-state index contributed by atoms with van der Waals surface area (Å²) in [5.41, 5.74) is 0. The Kier molecular flexibility index (Phi) is 37.2. The maximum atomic E-state index is 6.70. The normalized spacial score (nSPS) is 13.8. The minimum Gasteiger partial charge on any atom is -0.494 e. The Morgan fingerprint density at radius 1 is 0.333 bits per heavy atom. The summed E-state index contributed by atoms with van der Waals surface area (Å²) in [6.45, 7) is 15.7. The smallest absolute Gasteiger partial charge is 0.222 e. The molecule has 7 nitrogen and oxygen atoms in total. The molecule has 0 radical (unpaired) electrons. The van der Waals surface area contributed by atoms with E-state index in [-0.39, 0.29) is 0 Å². The number of unbranched alkanes of at least 4 members (excludes halogenated alkanes) is 18. The van der Waals surface area contributed by atoms with Crippen LogP contribution < -0.4 is 0 Å². The standard InChI is InChI=1S/C44H86O7/c1-9-15-21-23-25-27-29-31-33-39(47-35-17-11-3)41(49-37-19-13-5)43(45-7)51-44(46-8)42(50-38-20-14-6)40(48-36-18-12-4)34-32-30-28-26-24-22-16-10-2/h43-44H,9-38H2,1-8H3. The van der Waals surface area contributed by atoms with E-state index >= 15 is 0 Å². The quantitative estimate of drug-likeness (QED) is 0.0354. The lowest BCUT2D eigenvalue weighted by Gasteiger charge is -2.29. The van der Waals surface area contributed by atoms with Crippen molar-refractivity contribution in [1.82, 2.24) is 0 Å². The number of ether oxygens (including phenoxy) is 7. The maximum absolute atomic E-state index is 6.70. The molecule has 0 aromatic heterocycles. The average molecular weight is 727 g/mol. The number of hydrogen-bond acceptors (Lipinski definition) is 7. The van der Waals surface area contributed by atoms with E-state index in [0.29, 0.717) is 37.9 Å². The van der Waals surface area contributed by atoms with Gasteiger partial charge in [-0.25, -0.2) is 0 Å². The topological polar surface area (TPSA) is 64.6 Å². The molecule has 0 aromatic carbocycles. The first-order valence-electron chi connectivity index (χ1n) is 21.8. The third-order valence-corrected chi connectivity index (χ3v) is 9.23. The molecule has 0 amide bonds. The Bertz CT molecular complexity index is 732. The molecule has 0 rings (SSSR count). The lowest BCUT2D eigenvalue weighted by atomic mass is 10.1. The van der Waals surface area contributed by atoms with Crippen LogP contribution in [0.5, 0.6) is 0 Å². The summed E-state index contributed by atoms with van der Waals surface area (Å²) < 4.78 is 44.8. The van der Waals surface area contributed by atoms with E-state index in [2.05, 4.69) is 41.5 Å². The van der Waals surface area contributed by atoms with Crippen LogP contribution in [0.3, 0.4) is 0 Å². The number of rotatable bonds is 40. The zero-order valence-electron chi connectivity index (χ0n) is 35.2. The van der Waals surface area contributed by atoms with Gasteiger partial charge in [0.25, 0.3) is 0 Å². The highest BCUT2D eigenvalue weighted by Crippen LogP contribution is 2.28. The molecular formula is C44H86O7. The summed E-state index contributed by atoms with van der Waals surface area (Å²) >= 11 is 0. The fourth-order valence-corrected chi connectivity index (χ4v) is 5.83. The number of methoxy groups -OCH3 is 2. The van der Waals surface area contributed by atoms with Gasteiger partial charge in [-0.1, -0.05) is 157 Å². The molecule has 0 N–H and O–H groups in total. The van der Waals surface area contributed by atoms with Gasteiger partial charge in [0.05, 0.1) is 26.4 Å². The molecule has 0 aliphatic carbocycles. The van der Waals surface area contributed by atoms with Gasteiger partial charge in [0.15, 0.2) is 11.5 Å². The summed E-state index contributed by atoms with van der Waals surface area (Å²) in [6, 6.07) is 0. The van der Waals surface area contributed by atoms with Gasteiger partial charge in [-0.15, -0.1) is 0 Å². The van der Waals surface area contributed by atoms with E-state index in [9.17, 15) is 0 Å². The Labute approximate surface area is 317 Å². The highest BCUT2D eigenvalue weighted by molar-refractivity contribution is 5.09. The van der Waals surface area contributed by atoms with Gasteiger partial charge in [-0.3, -0.25) is 0 Å². The first kappa shape index (κ1) is 49.6. The van der Waals surface area contributed by atoms with Crippen molar-refractivity contribution in [2.75, 3.05) is 40.6 Å². The Morgan fingerprint density at radius 2 is 0.608 bits per heavy atom. The first-order chi connectivity index (χ1) is 25.1. The number of allylic oxidation sites excluding steroid dienone is 2. The van der Waals surface area contributed by atoms with Gasteiger partial charge >= 0.3 is 0 Å². The van der Waals surface area contributed by atoms with Crippen LogP contribution in [-0.4, -0.2) is 53.2 Å². The molecule has 0 bridgehead atoms.